The van der Waals surface area contributed by atoms with Crippen molar-refractivity contribution < 1.29 is 9.47 Å². The Bertz CT molecular complexity index is 168. The second kappa shape index (κ2) is 14.3. The van der Waals surface area contributed by atoms with Gasteiger partial charge in [0.25, 0.3) is 0 Å². The SMILES string of the molecule is CC.COCCCCCOCCN1CCC(C)CC1. The van der Waals surface area contributed by atoms with E-state index in [1.54, 1.807) is 7.11 Å². The highest BCUT2D eigenvalue weighted by Gasteiger charge is 2.14. The van der Waals surface area contributed by atoms with Gasteiger partial charge in [-0.1, -0.05) is 20.8 Å². The van der Waals surface area contributed by atoms with Crippen molar-refractivity contribution in [3.05, 3.63) is 0 Å². The summed E-state index contributed by atoms with van der Waals surface area (Å²) in [4.78, 5) is 2.53. The largest absolute Gasteiger partial charge is 0.385 e. The Balaban J connectivity index is 0.00000154. The summed E-state index contributed by atoms with van der Waals surface area (Å²) in [6, 6.07) is 0. The molecule has 3 heteroatoms. The topological polar surface area (TPSA) is 21.7 Å². The fourth-order valence-electron chi connectivity index (χ4n) is 2.21. The molecule has 0 radical (unpaired) electrons. The zero-order valence-corrected chi connectivity index (χ0v) is 13.6. The van der Waals surface area contributed by atoms with Crippen molar-refractivity contribution in [1.29, 1.82) is 0 Å². The minimum absolute atomic E-state index is 0.881. The van der Waals surface area contributed by atoms with E-state index in [9.17, 15) is 0 Å². The van der Waals surface area contributed by atoms with Crippen LogP contribution in [-0.4, -0.2) is 51.5 Å². The number of hydrogen-bond acceptors (Lipinski definition) is 3. The van der Waals surface area contributed by atoms with Crippen LogP contribution in [0.2, 0.25) is 0 Å². The molecule has 0 bridgehead atoms. The average molecular weight is 273 g/mol. The first-order valence-corrected chi connectivity index (χ1v) is 8.12. The monoisotopic (exact) mass is 273 g/mol. The number of unbranched alkanes of at least 4 members (excludes halogenated alkanes) is 2. The van der Waals surface area contributed by atoms with E-state index in [-0.39, 0.29) is 0 Å². The molecule has 0 aromatic carbocycles. The molecule has 0 aliphatic carbocycles. The second-order valence-corrected chi connectivity index (χ2v) is 5.19. The molecule has 0 spiro atoms. The number of nitrogens with zero attached hydrogens (tertiary/aromatic N) is 1. The molecule has 3 nitrogen and oxygen atoms in total. The maximum atomic E-state index is 5.66. The van der Waals surface area contributed by atoms with Gasteiger partial charge in [0.2, 0.25) is 0 Å². The zero-order valence-electron chi connectivity index (χ0n) is 13.6. The Hall–Kier alpha value is -0.120. The molecule has 1 aliphatic heterocycles. The van der Waals surface area contributed by atoms with Crippen LogP contribution in [0, 0.1) is 5.92 Å². The summed E-state index contributed by atoms with van der Waals surface area (Å²) in [6.45, 7) is 12.7. The molecule has 1 rings (SSSR count). The maximum absolute atomic E-state index is 5.66. The van der Waals surface area contributed by atoms with Gasteiger partial charge in [0.05, 0.1) is 6.61 Å². The van der Waals surface area contributed by atoms with Gasteiger partial charge in [-0.3, -0.25) is 0 Å². The van der Waals surface area contributed by atoms with Gasteiger partial charge in [0.1, 0.15) is 0 Å². The minimum Gasteiger partial charge on any atom is -0.385 e. The van der Waals surface area contributed by atoms with Crippen molar-refractivity contribution in [3.8, 4) is 0 Å². The number of rotatable bonds is 9. The van der Waals surface area contributed by atoms with Crippen molar-refractivity contribution >= 4 is 0 Å². The quantitative estimate of drug-likeness (QED) is 0.599. The molecule has 1 fully saturated rings. The van der Waals surface area contributed by atoms with Gasteiger partial charge in [-0.2, -0.15) is 0 Å². The van der Waals surface area contributed by atoms with Gasteiger partial charge < -0.3 is 14.4 Å². The molecule has 1 saturated heterocycles. The molecule has 1 aliphatic rings. The Morgan fingerprint density at radius 2 is 1.58 bits per heavy atom. The summed E-state index contributed by atoms with van der Waals surface area (Å²) in [5, 5.41) is 0. The highest BCUT2D eigenvalue weighted by atomic mass is 16.5. The molecule has 0 aromatic heterocycles. The molecule has 0 saturated carbocycles. The normalized spacial score (nSPS) is 17.1. The zero-order chi connectivity index (χ0) is 14.3. The number of piperidine rings is 1. The van der Waals surface area contributed by atoms with Crippen LogP contribution in [0.3, 0.4) is 0 Å². The van der Waals surface area contributed by atoms with Crippen LogP contribution in [0.1, 0.15) is 52.9 Å². The molecule has 0 unspecified atom stereocenters. The lowest BCUT2D eigenvalue weighted by atomic mass is 9.99. The molecule has 0 amide bonds. The summed E-state index contributed by atoms with van der Waals surface area (Å²) in [7, 11) is 1.76. The molecule has 0 aromatic rings. The highest BCUT2D eigenvalue weighted by molar-refractivity contribution is 4.68. The van der Waals surface area contributed by atoms with Crippen LogP contribution in [0.25, 0.3) is 0 Å². The molecule has 0 atom stereocenters. The molecule has 116 valence electrons. The number of methoxy groups -OCH3 is 1. The number of ether oxygens (including phenoxy) is 2. The lowest BCUT2D eigenvalue weighted by Gasteiger charge is -2.29. The van der Waals surface area contributed by atoms with Gasteiger partial charge in [-0.05, 0) is 51.1 Å². The lowest BCUT2D eigenvalue weighted by molar-refractivity contribution is 0.0864. The first kappa shape index (κ1) is 18.9. The molecular weight excluding hydrogens is 238 g/mol. The van der Waals surface area contributed by atoms with Gasteiger partial charge in [0, 0.05) is 26.9 Å². The Labute approximate surface area is 120 Å². The van der Waals surface area contributed by atoms with Gasteiger partial charge in [-0.25, -0.2) is 0 Å². The van der Waals surface area contributed by atoms with Gasteiger partial charge in [0.15, 0.2) is 0 Å². The summed E-state index contributed by atoms with van der Waals surface area (Å²) < 4.78 is 10.7. The van der Waals surface area contributed by atoms with Gasteiger partial charge in [-0.15, -0.1) is 0 Å². The third-order valence-electron chi connectivity index (χ3n) is 3.57. The number of hydrogen-bond donors (Lipinski definition) is 0. The fourth-order valence-corrected chi connectivity index (χ4v) is 2.21. The Kier molecular flexibility index (Phi) is 14.2. The first-order valence-electron chi connectivity index (χ1n) is 8.12. The van der Waals surface area contributed by atoms with Crippen LogP contribution in [0.5, 0.6) is 0 Å². The predicted molar refractivity (Wildman–Crippen MR) is 82.7 cm³/mol. The van der Waals surface area contributed by atoms with E-state index in [0.717, 1.165) is 38.7 Å². The fraction of sp³-hybridized carbons (Fsp3) is 1.00. The van der Waals surface area contributed by atoms with Crippen LogP contribution in [0.15, 0.2) is 0 Å². The van der Waals surface area contributed by atoms with Crippen LogP contribution >= 0.6 is 0 Å². The standard InChI is InChI=1S/C14H29NO2.C2H6/c1-14-6-8-15(9-7-14)10-13-17-12-5-3-4-11-16-2;1-2/h14H,3-13H2,1-2H3;1-2H3. The van der Waals surface area contributed by atoms with Crippen molar-refractivity contribution in [3.63, 3.8) is 0 Å². The Morgan fingerprint density at radius 3 is 2.21 bits per heavy atom. The van der Waals surface area contributed by atoms with Crippen LogP contribution in [-0.2, 0) is 9.47 Å². The Morgan fingerprint density at radius 1 is 0.947 bits per heavy atom. The molecule has 19 heavy (non-hydrogen) atoms. The summed E-state index contributed by atoms with van der Waals surface area (Å²) >= 11 is 0. The van der Waals surface area contributed by atoms with Gasteiger partial charge >= 0.3 is 0 Å². The summed E-state index contributed by atoms with van der Waals surface area (Å²) in [6.07, 6.45) is 6.26. The highest BCUT2D eigenvalue weighted by Crippen LogP contribution is 2.15. The van der Waals surface area contributed by atoms with E-state index >= 15 is 0 Å². The van der Waals surface area contributed by atoms with E-state index in [1.807, 2.05) is 13.8 Å². The van der Waals surface area contributed by atoms with E-state index in [4.69, 9.17) is 9.47 Å². The van der Waals surface area contributed by atoms with Crippen LogP contribution in [0.4, 0.5) is 0 Å². The summed E-state index contributed by atoms with van der Waals surface area (Å²) in [5.41, 5.74) is 0. The average Bonchev–Trinajstić information content (AvgIpc) is 2.46. The smallest absolute Gasteiger partial charge is 0.0593 e. The van der Waals surface area contributed by atoms with Crippen molar-refractivity contribution in [2.24, 2.45) is 5.92 Å². The third kappa shape index (κ3) is 11.4. The van der Waals surface area contributed by atoms with Crippen molar-refractivity contribution in [1.82, 2.24) is 4.90 Å². The van der Waals surface area contributed by atoms with Crippen molar-refractivity contribution in [2.75, 3.05) is 46.6 Å². The summed E-state index contributed by atoms with van der Waals surface area (Å²) in [5.74, 6) is 0.924. The molecule has 0 N–H and O–H groups in total. The second-order valence-electron chi connectivity index (χ2n) is 5.19. The van der Waals surface area contributed by atoms with Crippen molar-refractivity contribution in [2.45, 2.75) is 52.9 Å². The lowest BCUT2D eigenvalue weighted by Crippen LogP contribution is -2.35. The minimum atomic E-state index is 0.881. The first-order chi connectivity index (χ1) is 9.33. The molecule has 1 heterocycles. The van der Waals surface area contributed by atoms with E-state index in [2.05, 4.69) is 11.8 Å². The van der Waals surface area contributed by atoms with E-state index < -0.39 is 0 Å². The van der Waals surface area contributed by atoms with E-state index in [1.165, 1.54) is 38.8 Å². The number of likely N-dealkylation sites (tertiary alicyclic amines) is 1. The maximum Gasteiger partial charge on any atom is 0.0593 e. The van der Waals surface area contributed by atoms with E-state index in [0.29, 0.717) is 0 Å². The van der Waals surface area contributed by atoms with Crippen LogP contribution < -0.4 is 0 Å². The molecular formula is C16H35NO2. The third-order valence-corrected chi connectivity index (χ3v) is 3.57. The predicted octanol–water partition coefficient (Wildman–Crippen LogP) is 3.58.